The minimum absolute atomic E-state index is 0.124. The fraction of sp³-hybridized carbons (Fsp3) is 1.00. The second kappa shape index (κ2) is 6.16. The fourth-order valence-electron chi connectivity index (χ4n) is 2.40. The lowest BCUT2D eigenvalue weighted by Crippen LogP contribution is -2.47. The number of nitrogens with one attached hydrogen (secondary N) is 1. The third-order valence-corrected chi connectivity index (χ3v) is 5.32. The van der Waals surface area contributed by atoms with Crippen LogP contribution in [-0.2, 0) is 10.0 Å². The van der Waals surface area contributed by atoms with Crippen molar-refractivity contribution in [1.82, 2.24) is 9.62 Å². The van der Waals surface area contributed by atoms with Crippen LogP contribution in [0.5, 0.6) is 0 Å². The molecule has 0 aromatic heterocycles. The fourth-order valence-corrected chi connectivity index (χ4v) is 3.40. The molecule has 2 atom stereocenters. The normalized spacial score (nSPS) is 26.7. The van der Waals surface area contributed by atoms with Gasteiger partial charge in [-0.2, -0.15) is 0 Å². The maximum atomic E-state index is 11.9. The lowest BCUT2D eigenvalue weighted by atomic mass is 9.85. The van der Waals surface area contributed by atoms with E-state index in [-0.39, 0.29) is 11.3 Å². The average Bonchev–Trinajstić information content (AvgIpc) is 2.19. The summed E-state index contributed by atoms with van der Waals surface area (Å²) in [4.78, 5) is 2.15. The Bertz CT molecular complexity index is 325. The quantitative estimate of drug-likeness (QED) is 0.815. The number of sulfonamides is 1. The summed E-state index contributed by atoms with van der Waals surface area (Å²) in [6, 6.07) is 0.124. The topological polar surface area (TPSA) is 49.4 Å². The van der Waals surface area contributed by atoms with Crippen molar-refractivity contribution in [3.8, 4) is 0 Å². The molecule has 0 aromatic rings. The minimum Gasteiger partial charge on any atom is -0.309 e. The summed E-state index contributed by atoms with van der Waals surface area (Å²) in [7, 11) is 0.953. The van der Waals surface area contributed by atoms with Crippen LogP contribution in [0.3, 0.4) is 0 Å². The van der Waals surface area contributed by atoms with Crippen LogP contribution in [0, 0.1) is 5.92 Å². The second-order valence-electron chi connectivity index (χ2n) is 5.62. The molecule has 0 aromatic carbocycles. The van der Waals surface area contributed by atoms with E-state index in [1.807, 2.05) is 14.1 Å². The summed E-state index contributed by atoms with van der Waals surface area (Å²) in [6.45, 7) is 4.42. The summed E-state index contributed by atoms with van der Waals surface area (Å²) in [5, 5.41) is -0.343. The van der Waals surface area contributed by atoms with Crippen LogP contribution in [-0.4, -0.2) is 45.2 Å². The molecule has 1 aliphatic rings. The summed E-state index contributed by atoms with van der Waals surface area (Å²) in [6.07, 6.45) is 4.46. The molecule has 0 heterocycles. The summed E-state index contributed by atoms with van der Waals surface area (Å²) in [5.41, 5.74) is 0. The van der Waals surface area contributed by atoms with Gasteiger partial charge in [0.1, 0.15) is 0 Å². The van der Waals surface area contributed by atoms with Gasteiger partial charge in [0.15, 0.2) is 0 Å². The molecular weight excluding hydrogens is 236 g/mol. The molecule has 0 bridgehead atoms. The first kappa shape index (κ1) is 14.9. The molecule has 1 N–H and O–H groups in total. The standard InChI is InChI=1S/C12H26N2O2S/c1-10(2)17(15,16)13-12-8-6-5-7-11(12)9-14(3)4/h10-13H,5-9H2,1-4H3. The molecule has 1 rings (SSSR count). The van der Waals surface area contributed by atoms with Gasteiger partial charge in [-0.05, 0) is 46.7 Å². The first-order chi connectivity index (χ1) is 7.83. The van der Waals surface area contributed by atoms with Crippen molar-refractivity contribution < 1.29 is 8.42 Å². The number of nitrogens with zero attached hydrogens (tertiary/aromatic N) is 1. The molecule has 102 valence electrons. The van der Waals surface area contributed by atoms with Crippen LogP contribution >= 0.6 is 0 Å². The third-order valence-electron chi connectivity index (χ3n) is 3.44. The molecule has 1 aliphatic carbocycles. The minimum atomic E-state index is -3.14. The van der Waals surface area contributed by atoms with Crippen molar-refractivity contribution in [2.24, 2.45) is 5.92 Å². The van der Waals surface area contributed by atoms with E-state index in [4.69, 9.17) is 0 Å². The zero-order chi connectivity index (χ0) is 13.1. The zero-order valence-electron chi connectivity index (χ0n) is 11.4. The van der Waals surface area contributed by atoms with E-state index in [0.29, 0.717) is 5.92 Å². The molecule has 17 heavy (non-hydrogen) atoms. The summed E-state index contributed by atoms with van der Waals surface area (Å²) >= 11 is 0. The van der Waals surface area contributed by atoms with Gasteiger partial charge in [0.05, 0.1) is 5.25 Å². The van der Waals surface area contributed by atoms with Gasteiger partial charge < -0.3 is 4.90 Å². The van der Waals surface area contributed by atoms with Crippen LogP contribution in [0.4, 0.5) is 0 Å². The summed E-state index contributed by atoms with van der Waals surface area (Å²) < 4.78 is 26.7. The molecule has 2 unspecified atom stereocenters. The van der Waals surface area contributed by atoms with Gasteiger partial charge in [0, 0.05) is 12.6 Å². The number of hydrogen-bond acceptors (Lipinski definition) is 3. The highest BCUT2D eigenvalue weighted by atomic mass is 32.2. The largest absolute Gasteiger partial charge is 0.309 e. The molecule has 0 radical (unpaired) electrons. The van der Waals surface area contributed by atoms with E-state index in [2.05, 4.69) is 9.62 Å². The van der Waals surface area contributed by atoms with Crippen molar-refractivity contribution in [2.45, 2.75) is 50.8 Å². The number of hydrogen-bond donors (Lipinski definition) is 1. The van der Waals surface area contributed by atoms with Crippen LogP contribution in [0.15, 0.2) is 0 Å². The monoisotopic (exact) mass is 262 g/mol. The Balaban J connectivity index is 2.66. The molecule has 1 fully saturated rings. The van der Waals surface area contributed by atoms with E-state index >= 15 is 0 Å². The maximum absolute atomic E-state index is 11.9. The van der Waals surface area contributed by atoms with Crippen molar-refractivity contribution in [3.63, 3.8) is 0 Å². The highest BCUT2D eigenvalue weighted by molar-refractivity contribution is 7.90. The van der Waals surface area contributed by atoms with E-state index < -0.39 is 10.0 Å². The predicted molar refractivity (Wildman–Crippen MR) is 71.5 cm³/mol. The zero-order valence-corrected chi connectivity index (χ0v) is 12.3. The lowest BCUT2D eigenvalue weighted by molar-refractivity contribution is 0.224. The van der Waals surface area contributed by atoms with E-state index in [9.17, 15) is 8.42 Å². The van der Waals surface area contributed by atoms with Gasteiger partial charge in [0.25, 0.3) is 0 Å². The van der Waals surface area contributed by atoms with Gasteiger partial charge in [-0.25, -0.2) is 13.1 Å². The first-order valence-electron chi connectivity index (χ1n) is 6.49. The summed E-state index contributed by atoms with van der Waals surface area (Å²) in [5.74, 6) is 0.451. The molecule has 0 aliphatic heterocycles. The molecular formula is C12H26N2O2S. The SMILES string of the molecule is CC(C)S(=O)(=O)NC1CCCCC1CN(C)C. The maximum Gasteiger partial charge on any atom is 0.214 e. The van der Waals surface area contributed by atoms with Gasteiger partial charge in [-0.3, -0.25) is 0 Å². The van der Waals surface area contributed by atoms with E-state index in [1.165, 1.54) is 6.42 Å². The molecule has 5 heteroatoms. The van der Waals surface area contributed by atoms with Crippen LogP contribution in [0.25, 0.3) is 0 Å². The Hall–Kier alpha value is -0.130. The highest BCUT2D eigenvalue weighted by Gasteiger charge is 2.30. The third kappa shape index (κ3) is 4.56. The molecule has 0 spiro atoms. The molecule has 0 amide bonds. The van der Waals surface area contributed by atoms with Gasteiger partial charge in [-0.1, -0.05) is 12.8 Å². The van der Waals surface area contributed by atoms with Crippen molar-refractivity contribution >= 4 is 10.0 Å². The Morgan fingerprint density at radius 1 is 1.24 bits per heavy atom. The Morgan fingerprint density at radius 3 is 2.35 bits per heavy atom. The highest BCUT2D eigenvalue weighted by Crippen LogP contribution is 2.25. The average molecular weight is 262 g/mol. The van der Waals surface area contributed by atoms with E-state index in [0.717, 1.165) is 25.8 Å². The Labute approximate surface area is 106 Å². The Kier molecular flexibility index (Phi) is 5.41. The van der Waals surface area contributed by atoms with Crippen LogP contribution in [0.1, 0.15) is 39.5 Å². The van der Waals surface area contributed by atoms with Crippen molar-refractivity contribution in [3.05, 3.63) is 0 Å². The molecule has 1 saturated carbocycles. The van der Waals surface area contributed by atoms with Gasteiger partial charge >= 0.3 is 0 Å². The van der Waals surface area contributed by atoms with Gasteiger partial charge in [0.2, 0.25) is 10.0 Å². The molecule has 4 nitrogen and oxygen atoms in total. The van der Waals surface area contributed by atoms with Crippen LogP contribution < -0.4 is 4.72 Å². The lowest BCUT2D eigenvalue weighted by Gasteiger charge is -2.34. The van der Waals surface area contributed by atoms with Gasteiger partial charge in [-0.15, -0.1) is 0 Å². The second-order valence-corrected chi connectivity index (χ2v) is 7.89. The first-order valence-corrected chi connectivity index (χ1v) is 8.03. The smallest absolute Gasteiger partial charge is 0.214 e. The van der Waals surface area contributed by atoms with Crippen molar-refractivity contribution in [2.75, 3.05) is 20.6 Å². The van der Waals surface area contributed by atoms with Crippen molar-refractivity contribution in [1.29, 1.82) is 0 Å². The number of rotatable bonds is 5. The predicted octanol–water partition coefficient (Wildman–Crippen LogP) is 1.43. The molecule has 0 saturated heterocycles. The Morgan fingerprint density at radius 2 is 1.82 bits per heavy atom. The van der Waals surface area contributed by atoms with E-state index in [1.54, 1.807) is 13.8 Å². The van der Waals surface area contributed by atoms with Crippen LogP contribution in [0.2, 0.25) is 0 Å².